The first-order valence-corrected chi connectivity index (χ1v) is 11.2. The molecule has 2 aliphatic rings. The molecule has 2 rings (SSSR count). The van der Waals surface area contributed by atoms with Crippen LogP contribution in [-0.2, 0) is 23.9 Å². The number of hydrogen-bond donors (Lipinski definition) is 0. The lowest BCUT2D eigenvalue weighted by Gasteiger charge is -2.42. The molecule has 2 heterocycles. The van der Waals surface area contributed by atoms with E-state index in [9.17, 15) is 14.4 Å². The van der Waals surface area contributed by atoms with Gasteiger partial charge in [0.1, 0.15) is 0 Å². The zero-order chi connectivity index (χ0) is 22.4. The molecule has 3 atom stereocenters. The van der Waals surface area contributed by atoms with Gasteiger partial charge in [-0.3, -0.25) is 19.3 Å². The van der Waals surface area contributed by atoms with Gasteiger partial charge in [0.05, 0.1) is 37.3 Å². The number of amides is 2. The standard InChI is InChI=1S/C22H39N3O5/c1-7-29-22(28)18-8-10-24(11-9-18)19(26)14-23(6)21(27)20(15(2)3)25-12-16(4)30-17(5)13-25/h15-18,20H,7-14H2,1-6H3. The molecule has 0 saturated carbocycles. The maximum Gasteiger partial charge on any atom is 0.309 e. The van der Waals surface area contributed by atoms with Crippen LogP contribution in [0, 0.1) is 11.8 Å². The number of piperidine rings is 1. The van der Waals surface area contributed by atoms with Crippen molar-refractivity contribution < 1.29 is 23.9 Å². The van der Waals surface area contributed by atoms with Crippen molar-refractivity contribution in [2.45, 2.75) is 65.7 Å². The molecular weight excluding hydrogens is 386 g/mol. The maximum atomic E-state index is 13.2. The van der Waals surface area contributed by atoms with E-state index in [0.29, 0.717) is 45.6 Å². The monoisotopic (exact) mass is 425 g/mol. The average Bonchev–Trinajstić information content (AvgIpc) is 2.67. The first-order chi connectivity index (χ1) is 14.1. The van der Waals surface area contributed by atoms with Crippen molar-refractivity contribution >= 4 is 17.8 Å². The molecule has 30 heavy (non-hydrogen) atoms. The molecule has 0 spiro atoms. The van der Waals surface area contributed by atoms with E-state index in [1.165, 1.54) is 0 Å². The van der Waals surface area contributed by atoms with E-state index in [-0.39, 0.29) is 54.4 Å². The molecule has 3 unspecified atom stereocenters. The largest absolute Gasteiger partial charge is 0.466 e. The molecule has 2 amide bonds. The third-order valence-corrected chi connectivity index (χ3v) is 5.94. The summed E-state index contributed by atoms with van der Waals surface area (Å²) >= 11 is 0. The van der Waals surface area contributed by atoms with E-state index in [4.69, 9.17) is 9.47 Å². The summed E-state index contributed by atoms with van der Waals surface area (Å²) in [6.45, 7) is 12.8. The molecule has 2 saturated heterocycles. The fraction of sp³-hybridized carbons (Fsp3) is 0.864. The van der Waals surface area contributed by atoms with Crippen molar-refractivity contribution in [3.63, 3.8) is 0 Å². The second kappa shape index (κ2) is 11.1. The van der Waals surface area contributed by atoms with E-state index in [2.05, 4.69) is 4.90 Å². The maximum absolute atomic E-state index is 13.2. The Balaban J connectivity index is 1.92. The number of nitrogens with zero attached hydrogens (tertiary/aromatic N) is 3. The van der Waals surface area contributed by atoms with Crippen LogP contribution in [0.5, 0.6) is 0 Å². The number of ether oxygens (including phenoxy) is 2. The second-order valence-electron chi connectivity index (χ2n) is 9.00. The Hall–Kier alpha value is -1.67. The van der Waals surface area contributed by atoms with Gasteiger partial charge in [-0.15, -0.1) is 0 Å². The number of esters is 1. The molecule has 0 aliphatic carbocycles. The molecule has 2 fully saturated rings. The van der Waals surface area contributed by atoms with Crippen LogP contribution in [0.4, 0.5) is 0 Å². The minimum absolute atomic E-state index is 0.0268. The average molecular weight is 426 g/mol. The van der Waals surface area contributed by atoms with E-state index in [1.54, 1.807) is 23.8 Å². The zero-order valence-electron chi connectivity index (χ0n) is 19.4. The van der Waals surface area contributed by atoms with Crippen LogP contribution < -0.4 is 0 Å². The first kappa shape index (κ1) is 24.6. The number of likely N-dealkylation sites (tertiary alicyclic amines) is 1. The van der Waals surface area contributed by atoms with E-state index in [0.717, 1.165) is 0 Å². The van der Waals surface area contributed by atoms with Gasteiger partial charge in [-0.05, 0) is 39.5 Å². The van der Waals surface area contributed by atoms with Crippen molar-refractivity contribution in [3.8, 4) is 0 Å². The minimum Gasteiger partial charge on any atom is -0.466 e. The van der Waals surface area contributed by atoms with Gasteiger partial charge in [-0.2, -0.15) is 0 Å². The molecule has 172 valence electrons. The third kappa shape index (κ3) is 6.41. The zero-order valence-corrected chi connectivity index (χ0v) is 19.4. The number of rotatable bonds is 7. The van der Waals surface area contributed by atoms with Gasteiger partial charge in [-0.25, -0.2) is 0 Å². The van der Waals surface area contributed by atoms with Crippen molar-refractivity contribution in [3.05, 3.63) is 0 Å². The summed E-state index contributed by atoms with van der Waals surface area (Å²) in [4.78, 5) is 43.4. The quantitative estimate of drug-likeness (QED) is 0.574. The van der Waals surface area contributed by atoms with Crippen LogP contribution in [0.15, 0.2) is 0 Å². The highest BCUT2D eigenvalue weighted by atomic mass is 16.5. The summed E-state index contributed by atoms with van der Waals surface area (Å²) in [5.41, 5.74) is 0. The fourth-order valence-corrected chi connectivity index (χ4v) is 4.54. The molecule has 8 nitrogen and oxygen atoms in total. The smallest absolute Gasteiger partial charge is 0.309 e. The molecule has 0 aromatic rings. The number of carbonyl (C=O) groups excluding carboxylic acids is 3. The normalized spacial score (nSPS) is 24.6. The fourth-order valence-electron chi connectivity index (χ4n) is 4.54. The predicted molar refractivity (Wildman–Crippen MR) is 114 cm³/mol. The van der Waals surface area contributed by atoms with E-state index in [1.807, 2.05) is 27.7 Å². The van der Waals surface area contributed by atoms with Crippen LogP contribution in [0.25, 0.3) is 0 Å². The molecule has 0 aromatic carbocycles. The molecule has 0 bridgehead atoms. The topological polar surface area (TPSA) is 79.4 Å². The van der Waals surface area contributed by atoms with Crippen molar-refractivity contribution in [1.82, 2.24) is 14.7 Å². The number of hydrogen-bond acceptors (Lipinski definition) is 6. The van der Waals surface area contributed by atoms with Crippen LogP contribution in [0.1, 0.15) is 47.5 Å². The van der Waals surface area contributed by atoms with Gasteiger partial charge in [0.25, 0.3) is 0 Å². The molecule has 8 heteroatoms. The Bertz CT molecular complexity index is 594. The van der Waals surface area contributed by atoms with Gasteiger partial charge in [-0.1, -0.05) is 13.8 Å². The van der Waals surface area contributed by atoms with Gasteiger partial charge in [0, 0.05) is 33.2 Å². The van der Waals surface area contributed by atoms with E-state index >= 15 is 0 Å². The lowest BCUT2D eigenvalue weighted by Crippen LogP contribution is -2.58. The third-order valence-electron chi connectivity index (χ3n) is 5.94. The van der Waals surface area contributed by atoms with Crippen molar-refractivity contribution in [2.75, 3.05) is 46.4 Å². The highest BCUT2D eigenvalue weighted by Crippen LogP contribution is 2.21. The Morgan fingerprint density at radius 2 is 1.67 bits per heavy atom. The van der Waals surface area contributed by atoms with Crippen LogP contribution in [-0.4, -0.2) is 97.1 Å². The Labute approximate surface area is 180 Å². The second-order valence-corrected chi connectivity index (χ2v) is 9.00. The highest BCUT2D eigenvalue weighted by molar-refractivity contribution is 5.87. The lowest BCUT2D eigenvalue weighted by atomic mass is 9.97. The molecule has 2 aliphatic heterocycles. The Kier molecular flexibility index (Phi) is 9.09. The molecule has 0 radical (unpaired) electrons. The summed E-state index contributed by atoms with van der Waals surface area (Å²) in [5.74, 6) is -0.275. The van der Waals surface area contributed by atoms with Crippen molar-refractivity contribution in [1.29, 1.82) is 0 Å². The number of morpholine rings is 1. The van der Waals surface area contributed by atoms with Crippen LogP contribution >= 0.6 is 0 Å². The minimum atomic E-state index is -0.272. The molecular formula is C22H39N3O5. The summed E-state index contributed by atoms with van der Waals surface area (Å²) < 4.78 is 10.9. The SMILES string of the molecule is CCOC(=O)C1CCN(C(=O)CN(C)C(=O)C(C(C)C)N2CC(C)OC(C)C2)CC1. The summed E-state index contributed by atoms with van der Waals surface area (Å²) in [6, 6.07) is -0.272. The Morgan fingerprint density at radius 1 is 1.10 bits per heavy atom. The summed E-state index contributed by atoms with van der Waals surface area (Å²) in [7, 11) is 1.70. The van der Waals surface area contributed by atoms with Gasteiger partial charge >= 0.3 is 5.97 Å². The van der Waals surface area contributed by atoms with Gasteiger partial charge in [0.2, 0.25) is 11.8 Å². The van der Waals surface area contributed by atoms with Crippen LogP contribution in [0.2, 0.25) is 0 Å². The number of carbonyl (C=O) groups is 3. The number of likely N-dealkylation sites (N-methyl/N-ethyl adjacent to an activating group) is 1. The molecule has 0 aromatic heterocycles. The first-order valence-electron chi connectivity index (χ1n) is 11.2. The summed E-state index contributed by atoms with van der Waals surface area (Å²) in [5, 5.41) is 0. The predicted octanol–water partition coefficient (Wildman–Crippen LogP) is 1.38. The Morgan fingerprint density at radius 3 is 2.17 bits per heavy atom. The highest BCUT2D eigenvalue weighted by Gasteiger charge is 2.36. The van der Waals surface area contributed by atoms with E-state index < -0.39 is 0 Å². The van der Waals surface area contributed by atoms with Crippen LogP contribution in [0.3, 0.4) is 0 Å². The van der Waals surface area contributed by atoms with Gasteiger partial charge in [0.15, 0.2) is 0 Å². The van der Waals surface area contributed by atoms with Crippen molar-refractivity contribution in [2.24, 2.45) is 11.8 Å². The lowest BCUT2D eigenvalue weighted by molar-refractivity contribution is -0.152. The summed E-state index contributed by atoms with van der Waals surface area (Å²) in [6.07, 6.45) is 1.38. The van der Waals surface area contributed by atoms with Gasteiger partial charge < -0.3 is 19.3 Å². The molecule has 0 N–H and O–H groups in total.